The van der Waals surface area contributed by atoms with Crippen LogP contribution in [-0.4, -0.2) is 5.16 Å². The summed E-state index contributed by atoms with van der Waals surface area (Å²) in [5.74, 6) is 0.924. The molecule has 0 aromatic carbocycles. The van der Waals surface area contributed by atoms with Gasteiger partial charge in [-0.3, -0.25) is 0 Å². The van der Waals surface area contributed by atoms with E-state index in [1.165, 1.54) is 5.56 Å². The van der Waals surface area contributed by atoms with Crippen molar-refractivity contribution in [2.75, 3.05) is 0 Å². The van der Waals surface area contributed by atoms with Gasteiger partial charge in [-0.25, -0.2) is 0 Å². The van der Waals surface area contributed by atoms with Crippen LogP contribution >= 0.6 is 0 Å². The average molecular weight is 139 g/mol. The Morgan fingerprint density at radius 3 is 2.20 bits per heavy atom. The minimum absolute atomic E-state index is 0.157. The van der Waals surface area contributed by atoms with Crippen LogP contribution in [0.1, 0.15) is 32.1 Å². The summed E-state index contributed by atoms with van der Waals surface area (Å²) in [6, 6.07) is 0. The molecule has 10 heavy (non-hydrogen) atoms. The highest BCUT2D eigenvalue weighted by molar-refractivity contribution is 5.20. The van der Waals surface area contributed by atoms with E-state index in [0.29, 0.717) is 0 Å². The summed E-state index contributed by atoms with van der Waals surface area (Å²) in [5.41, 5.74) is 1.34. The summed E-state index contributed by atoms with van der Waals surface area (Å²) in [6.07, 6.45) is 1.79. The molecule has 0 radical (unpaired) electrons. The van der Waals surface area contributed by atoms with Crippen molar-refractivity contribution < 1.29 is 4.52 Å². The first kappa shape index (κ1) is 7.32. The summed E-state index contributed by atoms with van der Waals surface area (Å²) in [4.78, 5) is 0. The lowest BCUT2D eigenvalue weighted by molar-refractivity contribution is 0.392. The maximum Gasteiger partial charge on any atom is 0.137 e. The third-order valence-electron chi connectivity index (χ3n) is 1.56. The quantitative estimate of drug-likeness (QED) is 0.551. The molecule has 0 saturated carbocycles. The molecular weight excluding hydrogens is 126 g/mol. The van der Waals surface area contributed by atoms with Crippen LogP contribution in [0.2, 0.25) is 0 Å². The molecule has 1 heterocycles. The van der Waals surface area contributed by atoms with Crippen LogP contribution < -0.4 is 0 Å². The highest BCUT2D eigenvalue weighted by atomic mass is 16.5. The molecule has 1 rings (SSSR count). The molecule has 0 N–H and O–H groups in total. The van der Waals surface area contributed by atoms with Gasteiger partial charge in [0.15, 0.2) is 0 Å². The molecule has 0 aliphatic rings. The Bertz CT molecular complexity index is 219. The van der Waals surface area contributed by atoms with Gasteiger partial charge in [-0.1, -0.05) is 25.9 Å². The van der Waals surface area contributed by atoms with Gasteiger partial charge in [-0.2, -0.15) is 0 Å². The zero-order valence-corrected chi connectivity index (χ0v) is 6.93. The SMILES string of the molecule is Cc1oncc1C(C)(C)C. The van der Waals surface area contributed by atoms with Gasteiger partial charge in [0, 0.05) is 5.56 Å². The highest BCUT2D eigenvalue weighted by Gasteiger charge is 2.18. The molecular formula is C8H13NO. The largest absolute Gasteiger partial charge is 0.361 e. The molecule has 2 nitrogen and oxygen atoms in total. The van der Waals surface area contributed by atoms with E-state index in [-0.39, 0.29) is 5.41 Å². The van der Waals surface area contributed by atoms with Gasteiger partial charge in [0.1, 0.15) is 5.76 Å². The molecule has 2 heteroatoms. The molecule has 0 atom stereocenters. The van der Waals surface area contributed by atoms with Crippen molar-refractivity contribution >= 4 is 0 Å². The maximum absolute atomic E-state index is 4.94. The van der Waals surface area contributed by atoms with Gasteiger partial charge < -0.3 is 4.52 Å². The van der Waals surface area contributed by atoms with Crippen molar-refractivity contribution in [1.82, 2.24) is 5.16 Å². The molecule has 1 aromatic heterocycles. The number of hydrogen-bond acceptors (Lipinski definition) is 2. The van der Waals surface area contributed by atoms with Gasteiger partial charge in [0.05, 0.1) is 6.20 Å². The molecule has 0 saturated heterocycles. The standard InChI is InChI=1S/C8H13NO/c1-6-7(5-9-10-6)8(2,3)4/h5H,1-4H3. The molecule has 0 aliphatic heterocycles. The first-order valence-electron chi connectivity index (χ1n) is 3.43. The Morgan fingerprint density at radius 2 is 2.00 bits per heavy atom. The lowest BCUT2D eigenvalue weighted by Gasteiger charge is -2.15. The number of aryl methyl sites for hydroxylation is 1. The Morgan fingerprint density at radius 1 is 1.40 bits per heavy atom. The molecule has 56 valence electrons. The second-order valence-corrected chi connectivity index (χ2v) is 3.55. The second-order valence-electron chi connectivity index (χ2n) is 3.55. The molecule has 0 unspecified atom stereocenters. The van der Waals surface area contributed by atoms with Crippen molar-refractivity contribution in [2.24, 2.45) is 0 Å². The number of hydrogen-bond donors (Lipinski definition) is 0. The van der Waals surface area contributed by atoms with E-state index in [9.17, 15) is 0 Å². The first-order chi connectivity index (χ1) is 4.52. The monoisotopic (exact) mass is 139 g/mol. The minimum atomic E-state index is 0.157. The first-order valence-corrected chi connectivity index (χ1v) is 3.43. The maximum atomic E-state index is 4.94. The van der Waals surface area contributed by atoms with Gasteiger partial charge >= 0.3 is 0 Å². The summed E-state index contributed by atoms with van der Waals surface area (Å²) in [7, 11) is 0. The van der Waals surface area contributed by atoms with Crippen molar-refractivity contribution in [1.29, 1.82) is 0 Å². The number of aromatic nitrogens is 1. The van der Waals surface area contributed by atoms with E-state index in [4.69, 9.17) is 4.52 Å². The highest BCUT2D eigenvalue weighted by Crippen LogP contribution is 2.24. The summed E-state index contributed by atoms with van der Waals surface area (Å²) in [5, 5.41) is 3.71. The lowest BCUT2D eigenvalue weighted by Crippen LogP contribution is -2.10. The third kappa shape index (κ3) is 1.20. The Balaban J connectivity index is 3.05. The van der Waals surface area contributed by atoms with Crippen molar-refractivity contribution in [3.63, 3.8) is 0 Å². The number of rotatable bonds is 0. The smallest absolute Gasteiger partial charge is 0.137 e. The third-order valence-corrected chi connectivity index (χ3v) is 1.56. The topological polar surface area (TPSA) is 26.0 Å². The normalized spacial score (nSPS) is 12.0. The van der Waals surface area contributed by atoms with Crippen LogP contribution in [0, 0.1) is 6.92 Å². The molecule has 0 amide bonds. The van der Waals surface area contributed by atoms with Crippen molar-refractivity contribution in [3.05, 3.63) is 17.5 Å². The van der Waals surface area contributed by atoms with Gasteiger partial charge in [-0.05, 0) is 12.3 Å². The fraction of sp³-hybridized carbons (Fsp3) is 0.625. The fourth-order valence-corrected chi connectivity index (χ4v) is 1.02. The van der Waals surface area contributed by atoms with Crippen LogP contribution in [0.15, 0.2) is 10.7 Å². The summed E-state index contributed by atoms with van der Waals surface area (Å²) in [6.45, 7) is 8.37. The van der Waals surface area contributed by atoms with E-state index >= 15 is 0 Å². The summed E-state index contributed by atoms with van der Waals surface area (Å²) >= 11 is 0. The molecule has 0 spiro atoms. The Kier molecular flexibility index (Phi) is 1.55. The molecule has 0 aliphatic carbocycles. The van der Waals surface area contributed by atoms with Crippen LogP contribution in [0.4, 0.5) is 0 Å². The predicted octanol–water partition coefficient (Wildman–Crippen LogP) is 2.28. The zero-order chi connectivity index (χ0) is 7.78. The average Bonchev–Trinajstić information content (AvgIpc) is 2.11. The van der Waals surface area contributed by atoms with E-state index in [1.807, 2.05) is 6.92 Å². The molecule has 1 aromatic rings. The van der Waals surface area contributed by atoms with Gasteiger partial charge in [0.2, 0.25) is 0 Å². The van der Waals surface area contributed by atoms with Crippen molar-refractivity contribution in [2.45, 2.75) is 33.1 Å². The van der Waals surface area contributed by atoms with Crippen LogP contribution in [-0.2, 0) is 5.41 Å². The van der Waals surface area contributed by atoms with Crippen LogP contribution in [0.25, 0.3) is 0 Å². The predicted molar refractivity (Wildman–Crippen MR) is 39.9 cm³/mol. The van der Waals surface area contributed by atoms with E-state index in [2.05, 4.69) is 25.9 Å². The lowest BCUT2D eigenvalue weighted by atomic mass is 9.88. The Labute approximate surface area is 61.2 Å². The van der Waals surface area contributed by atoms with Crippen LogP contribution in [0.5, 0.6) is 0 Å². The van der Waals surface area contributed by atoms with Gasteiger partial charge in [0.25, 0.3) is 0 Å². The van der Waals surface area contributed by atoms with E-state index in [0.717, 1.165) is 5.76 Å². The molecule has 0 bridgehead atoms. The zero-order valence-electron chi connectivity index (χ0n) is 6.93. The summed E-state index contributed by atoms with van der Waals surface area (Å²) < 4.78 is 4.94. The second kappa shape index (κ2) is 2.11. The fourth-order valence-electron chi connectivity index (χ4n) is 1.02. The number of nitrogens with zero attached hydrogens (tertiary/aromatic N) is 1. The Hall–Kier alpha value is -0.790. The molecule has 0 fully saturated rings. The van der Waals surface area contributed by atoms with Gasteiger partial charge in [-0.15, -0.1) is 0 Å². The van der Waals surface area contributed by atoms with Crippen LogP contribution in [0.3, 0.4) is 0 Å². The minimum Gasteiger partial charge on any atom is -0.361 e. The van der Waals surface area contributed by atoms with E-state index < -0.39 is 0 Å². The van der Waals surface area contributed by atoms with E-state index in [1.54, 1.807) is 6.20 Å². The van der Waals surface area contributed by atoms with Crippen molar-refractivity contribution in [3.8, 4) is 0 Å².